The first kappa shape index (κ1) is 14.7. The molecule has 2 aliphatic rings. The Bertz CT molecular complexity index is 589. The monoisotopic (exact) mass is 326 g/mol. The number of imide groups is 1. The highest BCUT2D eigenvalue weighted by molar-refractivity contribution is 7.99. The van der Waals surface area contributed by atoms with Gasteiger partial charge < -0.3 is 10.4 Å². The van der Waals surface area contributed by atoms with E-state index in [9.17, 15) is 14.7 Å². The lowest BCUT2D eigenvalue weighted by Gasteiger charge is -2.21. The molecular weight excluding hydrogens is 312 g/mol. The fraction of sp³-hybridized carbons (Fsp3) is 0.429. The summed E-state index contributed by atoms with van der Waals surface area (Å²) in [6.45, 7) is -0.0825. The van der Waals surface area contributed by atoms with Gasteiger partial charge >= 0.3 is 6.03 Å². The number of hydrogen-bond donors (Lipinski definition) is 2. The van der Waals surface area contributed by atoms with E-state index in [1.54, 1.807) is 36.0 Å². The minimum Gasteiger partial charge on any atom is -0.386 e. The van der Waals surface area contributed by atoms with Crippen molar-refractivity contribution in [1.82, 2.24) is 10.2 Å². The average molecular weight is 327 g/mol. The Kier molecular flexibility index (Phi) is 3.86. The number of thioether (sulfide) groups is 1. The van der Waals surface area contributed by atoms with Crippen LogP contribution in [0.5, 0.6) is 0 Å². The molecule has 2 atom stereocenters. The molecule has 5 nitrogen and oxygen atoms in total. The number of urea groups is 1. The van der Waals surface area contributed by atoms with E-state index in [-0.39, 0.29) is 12.5 Å². The van der Waals surface area contributed by atoms with Crippen LogP contribution in [0.2, 0.25) is 5.02 Å². The summed E-state index contributed by atoms with van der Waals surface area (Å²) in [6.07, 6.45) is -0.349. The number of benzene rings is 1. The van der Waals surface area contributed by atoms with Gasteiger partial charge in [-0.15, -0.1) is 0 Å². The fourth-order valence-electron chi connectivity index (χ4n) is 2.69. The number of amides is 3. The molecule has 2 fully saturated rings. The number of rotatable bonds is 3. The van der Waals surface area contributed by atoms with E-state index in [1.807, 2.05) is 0 Å². The predicted molar refractivity (Wildman–Crippen MR) is 81.3 cm³/mol. The first-order valence-corrected chi connectivity index (χ1v) is 8.21. The van der Waals surface area contributed by atoms with Crippen LogP contribution in [0.15, 0.2) is 24.3 Å². The maximum Gasteiger partial charge on any atom is 0.325 e. The van der Waals surface area contributed by atoms with Crippen molar-refractivity contribution in [3.8, 4) is 0 Å². The molecule has 2 heterocycles. The van der Waals surface area contributed by atoms with E-state index in [1.165, 1.54) is 0 Å². The van der Waals surface area contributed by atoms with Gasteiger partial charge in [0, 0.05) is 16.3 Å². The Morgan fingerprint density at radius 3 is 2.86 bits per heavy atom. The van der Waals surface area contributed by atoms with E-state index >= 15 is 0 Å². The lowest BCUT2D eigenvalue weighted by molar-refractivity contribution is -0.131. The quantitative estimate of drug-likeness (QED) is 0.831. The SMILES string of the molecule is O=C1N[C@@]2(CCSC2)C(=O)N1C[C@H](O)c1ccccc1Cl. The third kappa shape index (κ3) is 2.52. The lowest BCUT2D eigenvalue weighted by Crippen LogP contribution is -2.47. The van der Waals surface area contributed by atoms with Crippen LogP contribution in [-0.2, 0) is 4.79 Å². The molecule has 0 radical (unpaired) electrons. The minimum atomic E-state index is -0.988. The molecule has 2 N–H and O–H groups in total. The molecule has 0 saturated carbocycles. The van der Waals surface area contributed by atoms with Gasteiger partial charge in [0.05, 0.1) is 12.6 Å². The second-order valence-corrected chi connectivity index (χ2v) is 6.78. The highest BCUT2D eigenvalue weighted by Crippen LogP contribution is 2.34. The standard InChI is InChI=1S/C14H15ClN2O3S/c15-10-4-2-1-3-9(10)11(18)7-17-12(19)14(16-13(17)20)5-6-21-8-14/h1-4,11,18H,5-8H2,(H,16,20)/t11-,14+/m0/s1. The molecule has 2 saturated heterocycles. The topological polar surface area (TPSA) is 69.6 Å². The van der Waals surface area contributed by atoms with Gasteiger partial charge in [-0.25, -0.2) is 4.79 Å². The van der Waals surface area contributed by atoms with Crippen molar-refractivity contribution in [3.05, 3.63) is 34.9 Å². The summed E-state index contributed by atoms with van der Waals surface area (Å²) in [7, 11) is 0. The third-order valence-corrected chi connectivity index (χ3v) is 5.42. The fourth-order valence-corrected chi connectivity index (χ4v) is 4.28. The molecular formula is C14H15ClN2O3S. The highest BCUT2D eigenvalue weighted by atomic mass is 35.5. The number of aliphatic hydroxyl groups excluding tert-OH is 1. The normalized spacial score (nSPS) is 26.5. The molecule has 0 aliphatic carbocycles. The highest BCUT2D eigenvalue weighted by Gasteiger charge is 2.53. The van der Waals surface area contributed by atoms with Crippen LogP contribution in [0.1, 0.15) is 18.1 Å². The van der Waals surface area contributed by atoms with Gasteiger partial charge in [0.25, 0.3) is 5.91 Å². The third-order valence-electron chi connectivity index (χ3n) is 3.89. The van der Waals surface area contributed by atoms with Gasteiger partial charge in [-0.05, 0) is 18.2 Å². The molecule has 3 rings (SSSR count). The second kappa shape index (κ2) is 5.51. The van der Waals surface area contributed by atoms with Gasteiger partial charge in [0.15, 0.2) is 0 Å². The van der Waals surface area contributed by atoms with Crippen LogP contribution in [0, 0.1) is 0 Å². The maximum atomic E-state index is 12.5. The summed E-state index contributed by atoms with van der Waals surface area (Å²) < 4.78 is 0. The summed E-state index contributed by atoms with van der Waals surface area (Å²) in [5.74, 6) is 1.20. The largest absolute Gasteiger partial charge is 0.386 e. The Labute approximate surface area is 131 Å². The zero-order valence-corrected chi connectivity index (χ0v) is 12.8. The number of hydrogen-bond acceptors (Lipinski definition) is 4. The van der Waals surface area contributed by atoms with Gasteiger partial charge in [0.2, 0.25) is 0 Å². The number of carbonyl (C=O) groups is 2. The molecule has 112 valence electrons. The lowest BCUT2D eigenvalue weighted by atomic mass is 9.99. The molecule has 1 spiro atoms. The Morgan fingerprint density at radius 1 is 1.43 bits per heavy atom. The van der Waals surface area contributed by atoms with E-state index < -0.39 is 17.7 Å². The molecule has 2 aliphatic heterocycles. The van der Waals surface area contributed by atoms with Crippen molar-refractivity contribution < 1.29 is 14.7 Å². The van der Waals surface area contributed by atoms with E-state index in [0.717, 1.165) is 10.7 Å². The number of β-amino-alcohol motifs (C(OH)–C–C–N with tert-alkyl or cyclic N) is 1. The van der Waals surface area contributed by atoms with Crippen molar-refractivity contribution in [2.75, 3.05) is 18.1 Å². The Morgan fingerprint density at radius 2 is 2.19 bits per heavy atom. The molecule has 1 aromatic carbocycles. The number of halogens is 1. The molecule has 0 unspecified atom stereocenters. The van der Waals surface area contributed by atoms with Crippen LogP contribution < -0.4 is 5.32 Å². The molecule has 0 aromatic heterocycles. The molecule has 7 heteroatoms. The first-order chi connectivity index (χ1) is 10.0. The van der Waals surface area contributed by atoms with Crippen molar-refractivity contribution in [2.24, 2.45) is 0 Å². The number of nitrogens with zero attached hydrogens (tertiary/aromatic N) is 1. The van der Waals surface area contributed by atoms with Crippen molar-refractivity contribution in [3.63, 3.8) is 0 Å². The number of carbonyl (C=O) groups excluding carboxylic acids is 2. The van der Waals surface area contributed by atoms with Crippen molar-refractivity contribution >= 4 is 35.3 Å². The van der Waals surface area contributed by atoms with Gasteiger partial charge in [-0.3, -0.25) is 9.69 Å². The van der Waals surface area contributed by atoms with Crippen molar-refractivity contribution in [2.45, 2.75) is 18.1 Å². The van der Waals surface area contributed by atoms with Crippen LogP contribution in [-0.4, -0.2) is 45.5 Å². The summed E-state index contributed by atoms with van der Waals surface area (Å²) in [6, 6.07) is 6.43. The van der Waals surface area contributed by atoms with Crippen LogP contribution in [0.4, 0.5) is 4.79 Å². The van der Waals surface area contributed by atoms with Crippen molar-refractivity contribution in [1.29, 1.82) is 0 Å². The maximum absolute atomic E-state index is 12.5. The second-order valence-electron chi connectivity index (χ2n) is 5.27. The summed E-state index contributed by atoms with van der Waals surface area (Å²) >= 11 is 7.68. The van der Waals surface area contributed by atoms with E-state index in [0.29, 0.717) is 22.8 Å². The summed E-state index contributed by atoms with van der Waals surface area (Å²) in [4.78, 5) is 25.6. The number of nitrogens with one attached hydrogen (secondary N) is 1. The van der Waals surface area contributed by atoms with Crippen LogP contribution >= 0.6 is 23.4 Å². The van der Waals surface area contributed by atoms with E-state index in [4.69, 9.17) is 11.6 Å². The Balaban J connectivity index is 1.77. The van der Waals surface area contributed by atoms with Crippen LogP contribution in [0.25, 0.3) is 0 Å². The zero-order chi connectivity index (χ0) is 15.0. The number of aliphatic hydroxyl groups is 1. The summed E-state index contributed by atoms with van der Waals surface area (Å²) in [5, 5.41) is 13.5. The minimum absolute atomic E-state index is 0.0825. The Hall–Kier alpha value is -1.24. The van der Waals surface area contributed by atoms with Gasteiger partial charge in [-0.1, -0.05) is 29.8 Å². The molecule has 0 bridgehead atoms. The average Bonchev–Trinajstić information content (AvgIpc) is 3.01. The van der Waals surface area contributed by atoms with Gasteiger partial charge in [-0.2, -0.15) is 11.8 Å². The first-order valence-electron chi connectivity index (χ1n) is 6.68. The molecule has 21 heavy (non-hydrogen) atoms. The summed E-state index contributed by atoms with van der Waals surface area (Å²) in [5.41, 5.74) is -0.261. The molecule has 1 aromatic rings. The molecule has 3 amide bonds. The van der Waals surface area contributed by atoms with E-state index in [2.05, 4.69) is 5.32 Å². The zero-order valence-electron chi connectivity index (χ0n) is 11.2. The predicted octanol–water partition coefficient (Wildman–Crippen LogP) is 1.80. The smallest absolute Gasteiger partial charge is 0.325 e. The van der Waals surface area contributed by atoms with Crippen LogP contribution in [0.3, 0.4) is 0 Å². The van der Waals surface area contributed by atoms with Gasteiger partial charge in [0.1, 0.15) is 5.54 Å².